The Hall–Kier alpha value is -4.37. The summed E-state index contributed by atoms with van der Waals surface area (Å²) in [6, 6.07) is 9.46. The number of amides is 2. The Kier molecular flexibility index (Phi) is 9.03. The van der Waals surface area contributed by atoms with E-state index in [0.717, 1.165) is 21.4 Å². The maximum atomic E-state index is 13.4. The van der Waals surface area contributed by atoms with Gasteiger partial charge in [0.05, 0.1) is 17.5 Å². The first-order chi connectivity index (χ1) is 23.0. The zero-order valence-electron chi connectivity index (χ0n) is 29.3. The Labute approximate surface area is 284 Å². The molecule has 5 heterocycles. The van der Waals surface area contributed by atoms with E-state index in [1.54, 1.807) is 71.7 Å². The van der Waals surface area contributed by atoms with Crippen LogP contribution in [0.25, 0.3) is 21.9 Å². The van der Waals surface area contributed by atoms with Crippen molar-refractivity contribution in [3.05, 3.63) is 54.6 Å². The van der Waals surface area contributed by atoms with Crippen LogP contribution >= 0.6 is 0 Å². The zero-order chi connectivity index (χ0) is 35.3. The highest BCUT2D eigenvalue weighted by molar-refractivity contribution is 6.13. The number of nitrogens with zero attached hydrogens (tertiary/aromatic N) is 5. The second kappa shape index (κ2) is 12.8. The van der Waals surface area contributed by atoms with Crippen LogP contribution in [0.5, 0.6) is 5.75 Å². The Balaban J connectivity index is 1.28. The van der Waals surface area contributed by atoms with Crippen molar-refractivity contribution < 1.29 is 42.7 Å². The van der Waals surface area contributed by atoms with Crippen LogP contribution in [0.2, 0.25) is 0 Å². The van der Waals surface area contributed by atoms with Gasteiger partial charge < -0.3 is 37.7 Å². The lowest BCUT2D eigenvalue weighted by Gasteiger charge is -2.28. The van der Waals surface area contributed by atoms with Gasteiger partial charge >= 0.3 is 12.2 Å². The Bertz CT molecular complexity index is 1830. The lowest BCUT2D eigenvalue weighted by molar-refractivity contribution is -0.198. The lowest BCUT2D eigenvalue weighted by Crippen LogP contribution is -2.44. The number of benzene rings is 1. The predicted molar refractivity (Wildman–Crippen MR) is 178 cm³/mol. The molecule has 1 unspecified atom stereocenters. The molecule has 1 aromatic carbocycles. The second-order valence-corrected chi connectivity index (χ2v) is 14.5. The first kappa shape index (κ1) is 34.5. The normalized spacial score (nSPS) is 21.9. The van der Waals surface area contributed by atoms with Crippen molar-refractivity contribution in [3.8, 4) is 5.75 Å². The molecule has 4 atom stereocenters. The summed E-state index contributed by atoms with van der Waals surface area (Å²) < 4.78 is 43.6. The van der Waals surface area contributed by atoms with Crippen molar-refractivity contribution in [3.63, 3.8) is 0 Å². The summed E-state index contributed by atoms with van der Waals surface area (Å²) in [7, 11) is 1.65. The lowest BCUT2D eigenvalue weighted by atomic mass is 10.1. The Morgan fingerprint density at radius 1 is 0.939 bits per heavy atom. The van der Waals surface area contributed by atoms with Crippen molar-refractivity contribution in [1.82, 2.24) is 19.5 Å². The van der Waals surface area contributed by atoms with Crippen molar-refractivity contribution in [1.29, 1.82) is 0 Å². The first-order valence-corrected chi connectivity index (χ1v) is 16.1. The molecule has 0 aliphatic carbocycles. The number of pyridine rings is 1. The standard InChI is InChI=1S/C35H43N5O9/c1-33(2,3)48-31(41)40(32(42)49-34(4,5)6)29-23-12-13-39(28(23)37-19-38-29)30-27-26(46-35(7,8)47-27)25(45-30)18-44-22-11-10-21-14-20(17-43-9)16-36-24(21)15-22/h10-16,19,25-27,30H,17-18H2,1-9H3/t25-,26-,27?,30-/m1/s1. The fourth-order valence-corrected chi connectivity index (χ4v) is 5.88. The van der Waals surface area contributed by atoms with Gasteiger partial charge in [0, 0.05) is 31.0 Å². The summed E-state index contributed by atoms with van der Waals surface area (Å²) in [5.74, 6) is -0.241. The topological polar surface area (TPSA) is 146 Å². The number of anilines is 1. The van der Waals surface area contributed by atoms with Crippen molar-refractivity contribution in [2.24, 2.45) is 0 Å². The first-order valence-electron chi connectivity index (χ1n) is 16.1. The molecule has 262 valence electrons. The molecule has 2 amide bonds. The predicted octanol–water partition coefficient (Wildman–Crippen LogP) is 6.30. The third-order valence-electron chi connectivity index (χ3n) is 7.69. The molecule has 2 aliphatic heterocycles. The van der Waals surface area contributed by atoms with Crippen LogP contribution in [0.4, 0.5) is 15.4 Å². The highest BCUT2D eigenvalue weighted by atomic mass is 16.8. The highest BCUT2D eigenvalue weighted by Gasteiger charge is 2.56. The number of ether oxygens (including phenoxy) is 7. The number of methoxy groups -OCH3 is 1. The van der Waals surface area contributed by atoms with E-state index in [1.807, 2.05) is 38.1 Å². The van der Waals surface area contributed by atoms with Gasteiger partial charge in [0.2, 0.25) is 0 Å². The van der Waals surface area contributed by atoms with Crippen LogP contribution in [0.15, 0.2) is 49.1 Å². The zero-order valence-corrected chi connectivity index (χ0v) is 29.3. The van der Waals surface area contributed by atoms with Crippen LogP contribution in [0.1, 0.15) is 67.2 Å². The van der Waals surface area contributed by atoms with Crippen LogP contribution in [0, 0.1) is 0 Å². The molecule has 0 radical (unpaired) electrons. The smallest absolute Gasteiger partial charge is 0.425 e. The van der Waals surface area contributed by atoms with Crippen molar-refractivity contribution >= 4 is 39.9 Å². The van der Waals surface area contributed by atoms with Crippen LogP contribution in [-0.2, 0) is 35.0 Å². The molecule has 6 rings (SSSR count). The third-order valence-corrected chi connectivity index (χ3v) is 7.69. The monoisotopic (exact) mass is 677 g/mol. The van der Waals surface area contributed by atoms with Gasteiger partial charge in [-0.15, -0.1) is 0 Å². The number of imide groups is 1. The molecular formula is C35H43N5O9. The van der Waals surface area contributed by atoms with Crippen molar-refractivity contribution in [2.75, 3.05) is 18.6 Å². The van der Waals surface area contributed by atoms with E-state index in [1.165, 1.54) is 6.33 Å². The average Bonchev–Trinajstić information content (AvgIpc) is 3.65. The number of hydrogen-bond donors (Lipinski definition) is 0. The molecule has 0 spiro atoms. The number of carbonyl (C=O) groups is 2. The van der Waals surface area contributed by atoms with Gasteiger partial charge in [0.15, 0.2) is 17.8 Å². The van der Waals surface area contributed by atoms with Gasteiger partial charge in [0.25, 0.3) is 0 Å². The van der Waals surface area contributed by atoms with E-state index >= 15 is 0 Å². The summed E-state index contributed by atoms with van der Waals surface area (Å²) in [4.78, 5) is 41.0. The molecular weight excluding hydrogens is 634 g/mol. The minimum Gasteiger partial charge on any atom is -0.491 e. The van der Waals surface area contributed by atoms with Gasteiger partial charge in [-0.1, -0.05) is 0 Å². The maximum Gasteiger partial charge on any atom is 0.425 e. The quantitative estimate of drug-likeness (QED) is 0.216. The van der Waals surface area contributed by atoms with Crippen LogP contribution in [0.3, 0.4) is 0 Å². The summed E-state index contributed by atoms with van der Waals surface area (Å²) in [6.07, 6.45) is 0.750. The maximum absolute atomic E-state index is 13.4. The molecule has 2 fully saturated rings. The summed E-state index contributed by atoms with van der Waals surface area (Å²) in [6.45, 7) is 14.6. The molecule has 14 heteroatoms. The molecule has 0 bridgehead atoms. The van der Waals surface area contributed by atoms with Gasteiger partial charge in [-0.2, -0.15) is 4.90 Å². The molecule has 0 saturated carbocycles. The number of rotatable bonds is 7. The van der Waals surface area contributed by atoms with Gasteiger partial charge in [-0.05, 0) is 85.2 Å². The van der Waals surface area contributed by atoms with E-state index in [2.05, 4.69) is 15.0 Å². The number of aromatic nitrogens is 4. The molecule has 14 nitrogen and oxygen atoms in total. The number of hydrogen-bond acceptors (Lipinski definition) is 12. The fourth-order valence-electron chi connectivity index (χ4n) is 5.88. The van der Waals surface area contributed by atoms with E-state index in [0.29, 0.717) is 23.4 Å². The molecule has 3 aromatic heterocycles. The fraction of sp³-hybridized carbons (Fsp3) is 0.514. The average molecular weight is 678 g/mol. The van der Waals surface area contributed by atoms with E-state index in [9.17, 15) is 9.59 Å². The Morgan fingerprint density at radius 3 is 2.31 bits per heavy atom. The molecule has 2 aliphatic rings. The minimum atomic E-state index is -0.933. The third kappa shape index (κ3) is 7.47. The molecule has 49 heavy (non-hydrogen) atoms. The summed E-state index contributed by atoms with van der Waals surface area (Å²) >= 11 is 0. The van der Waals surface area contributed by atoms with Gasteiger partial charge in [0.1, 0.15) is 53.8 Å². The summed E-state index contributed by atoms with van der Waals surface area (Å²) in [5.41, 5.74) is 0.404. The second-order valence-electron chi connectivity index (χ2n) is 14.5. The highest BCUT2D eigenvalue weighted by Crippen LogP contribution is 2.44. The van der Waals surface area contributed by atoms with E-state index in [4.69, 9.17) is 33.2 Å². The summed E-state index contributed by atoms with van der Waals surface area (Å²) in [5, 5.41) is 1.38. The SMILES string of the molecule is COCc1cnc2cc(OC[C@H]3O[C@@H](n4ccc5c(N(C(=O)OC(C)(C)C)C(=O)OC(C)(C)C)ncnc54)C4OC(C)(C)O[C@@H]43)ccc2c1. The largest absolute Gasteiger partial charge is 0.491 e. The molecule has 4 aromatic rings. The number of carbonyl (C=O) groups excluding carboxylic acids is 2. The van der Waals surface area contributed by atoms with Crippen LogP contribution < -0.4 is 9.64 Å². The van der Waals surface area contributed by atoms with Gasteiger partial charge in [-0.3, -0.25) is 4.98 Å². The van der Waals surface area contributed by atoms with Crippen molar-refractivity contribution in [2.45, 2.75) is 104 Å². The minimum absolute atomic E-state index is 0.00450. The molecule has 2 saturated heterocycles. The Morgan fingerprint density at radius 2 is 1.63 bits per heavy atom. The molecule has 0 N–H and O–H groups in total. The van der Waals surface area contributed by atoms with E-state index < -0.39 is 53.7 Å². The van der Waals surface area contributed by atoms with E-state index in [-0.39, 0.29) is 12.4 Å². The van der Waals surface area contributed by atoms with Gasteiger partial charge in [-0.25, -0.2) is 19.6 Å². The van der Waals surface area contributed by atoms with Crippen LogP contribution in [-0.4, -0.2) is 80.7 Å². The number of fused-ring (bicyclic) bond motifs is 3.